The average Bonchev–Trinajstić information content (AvgIpc) is 3.23. The first-order chi connectivity index (χ1) is 17.1. The zero-order valence-corrected chi connectivity index (χ0v) is 22.4. The summed E-state index contributed by atoms with van der Waals surface area (Å²) in [6.07, 6.45) is 4.65. The van der Waals surface area contributed by atoms with Crippen LogP contribution >= 0.6 is 11.6 Å². The Morgan fingerprint density at radius 2 is 1.86 bits per heavy atom. The van der Waals surface area contributed by atoms with Crippen LogP contribution in [0.15, 0.2) is 45.8 Å². The number of carbonyl (C=O) groups is 1. The minimum absolute atomic E-state index is 0.0378. The molecule has 1 aromatic heterocycles. The number of hydrogen-bond acceptors (Lipinski definition) is 5. The molecule has 1 fully saturated rings. The third kappa shape index (κ3) is 5.56. The van der Waals surface area contributed by atoms with E-state index in [-0.39, 0.29) is 28.8 Å². The quantitative estimate of drug-likeness (QED) is 0.439. The van der Waals surface area contributed by atoms with Gasteiger partial charge >= 0.3 is 0 Å². The number of nitrogens with zero attached hydrogens (tertiary/aromatic N) is 2. The van der Waals surface area contributed by atoms with Crippen LogP contribution in [0.25, 0.3) is 12.2 Å². The Balaban J connectivity index is 1.56. The van der Waals surface area contributed by atoms with Crippen LogP contribution in [-0.4, -0.2) is 36.9 Å². The Morgan fingerprint density at radius 1 is 1.11 bits per heavy atom. The van der Waals surface area contributed by atoms with Crippen LogP contribution < -0.4 is 5.32 Å². The van der Waals surface area contributed by atoms with Crippen molar-refractivity contribution in [2.24, 2.45) is 5.92 Å². The second-order valence-corrected chi connectivity index (χ2v) is 11.6. The standard InChI is InChI=1S/C27H30ClN3O4S/c1-17-7-8-18(2)21(14-17)10-12-25-26(20(4)30-35-25)36(33,34)31-13-5-6-22(16-31)27(32)29-24-15-23(28)11-9-19(24)3/h7-12,14-15,22H,5-6,13,16H2,1-4H3,(H,29,32). The zero-order valence-electron chi connectivity index (χ0n) is 20.8. The van der Waals surface area contributed by atoms with Crippen molar-refractivity contribution >= 4 is 45.4 Å². The molecule has 2 heterocycles. The number of aromatic nitrogens is 1. The van der Waals surface area contributed by atoms with Gasteiger partial charge in [-0.15, -0.1) is 0 Å². The number of anilines is 1. The maximum absolute atomic E-state index is 13.7. The second-order valence-electron chi connectivity index (χ2n) is 9.31. The minimum atomic E-state index is -3.93. The Bertz CT molecular complexity index is 1430. The number of benzene rings is 2. The number of amides is 1. The predicted molar refractivity (Wildman–Crippen MR) is 142 cm³/mol. The van der Waals surface area contributed by atoms with Gasteiger partial charge in [-0.1, -0.05) is 52.7 Å². The van der Waals surface area contributed by atoms with Gasteiger partial charge in [0.15, 0.2) is 10.7 Å². The van der Waals surface area contributed by atoms with E-state index < -0.39 is 15.9 Å². The molecular weight excluding hydrogens is 498 g/mol. The SMILES string of the molecule is Cc1ccc(C)c(C=Cc2onc(C)c2S(=O)(=O)N2CCCC(C(=O)Nc3cc(Cl)ccc3C)C2)c1. The van der Waals surface area contributed by atoms with Crippen LogP contribution in [0, 0.1) is 33.6 Å². The molecule has 4 rings (SSSR count). The molecule has 1 N–H and O–H groups in total. The second kappa shape index (κ2) is 10.6. The Morgan fingerprint density at radius 3 is 2.64 bits per heavy atom. The molecule has 2 aromatic carbocycles. The van der Waals surface area contributed by atoms with E-state index in [4.69, 9.17) is 16.1 Å². The van der Waals surface area contributed by atoms with Gasteiger partial charge in [-0.25, -0.2) is 8.42 Å². The molecule has 1 amide bonds. The van der Waals surface area contributed by atoms with E-state index in [0.717, 1.165) is 22.3 Å². The predicted octanol–water partition coefficient (Wildman–Crippen LogP) is 5.77. The minimum Gasteiger partial charge on any atom is -0.355 e. The number of halogens is 1. The van der Waals surface area contributed by atoms with Gasteiger partial charge in [0.2, 0.25) is 15.9 Å². The van der Waals surface area contributed by atoms with Crippen molar-refractivity contribution < 1.29 is 17.7 Å². The largest absolute Gasteiger partial charge is 0.355 e. The van der Waals surface area contributed by atoms with E-state index in [9.17, 15) is 13.2 Å². The maximum Gasteiger partial charge on any atom is 0.248 e. The van der Waals surface area contributed by atoms with Crippen LogP contribution in [0.5, 0.6) is 0 Å². The van der Waals surface area contributed by atoms with Crippen molar-refractivity contribution in [2.75, 3.05) is 18.4 Å². The van der Waals surface area contributed by atoms with Gasteiger partial charge in [0.1, 0.15) is 5.69 Å². The summed E-state index contributed by atoms with van der Waals surface area (Å²) < 4.78 is 34.2. The first-order valence-corrected chi connectivity index (χ1v) is 13.7. The van der Waals surface area contributed by atoms with Crippen molar-refractivity contribution in [3.8, 4) is 0 Å². The molecule has 1 unspecified atom stereocenters. The molecule has 0 aliphatic carbocycles. The number of aryl methyl sites for hydroxylation is 4. The molecule has 190 valence electrons. The third-order valence-electron chi connectivity index (χ3n) is 6.49. The molecule has 3 aromatic rings. The van der Waals surface area contributed by atoms with Gasteiger partial charge in [-0.05, 0) is 75.4 Å². The molecule has 0 saturated carbocycles. The molecule has 36 heavy (non-hydrogen) atoms. The maximum atomic E-state index is 13.7. The smallest absolute Gasteiger partial charge is 0.248 e. The summed E-state index contributed by atoms with van der Waals surface area (Å²) in [5.74, 6) is -0.534. The van der Waals surface area contributed by atoms with Crippen LogP contribution in [0.3, 0.4) is 0 Å². The van der Waals surface area contributed by atoms with Gasteiger partial charge < -0.3 is 9.84 Å². The summed E-state index contributed by atoms with van der Waals surface area (Å²) in [6.45, 7) is 7.90. The summed E-state index contributed by atoms with van der Waals surface area (Å²) in [5, 5.41) is 7.37. The van der Waals surface area contributed by atoms with Crippen molar-refractivity contribution in [3.05, 3.63) is 75.1 Å². The third-order valence-corrected chi connectivity index (χ3v) is 8.75. The molecule has 9 heteroatoms. The van der Waals surface area contributed by atoms with Gasteiger partial charge in [-0.2, -0.15) is 4.31 Å². The van der Waals surface area contributed by atoms with Crippen LogP contribution in [0.2, 0.25) is 5.02 Å². The first-order valence-electron chi connectivity index (χ1n) is 11.8. The highest BCUT2D eigenvalue weighted by atomic mass is 35.5. The monoisotopic (exact) mass is 527 g/mol. The highest BCUT2D eigenvalue weighted by Gasteiger charge is 2.37. The zero-order chi connectivity index (χ0) is 26.0. The number of nitrogens with one attached hydrogen (secondary N) is 1. The van der Waals surface area contributed by atoms with Crippen LogP contribution in [0.1, 0.15) is 46.5 Å². The fraction of sp³-hybridized carbons (Fsp3) is 0.333. The fourth-order valence-corrected chi connectivity index (χ4v) is 6.32. The topological polar surface area (TPSA) is 92.5 Å². The van der Waals surface area contributed by atoms with Gasteiger partial charge in [0.05, 0.1) is 5.92 Å². The molecule has 0 spiro atoms. The van der Waals surface area contributed by atoms with Crippen molar-refractivity contribution in [1.29, 1.82) is 0 Å². The van der Waals surface area contributed by atoms with Crippen molar-refractivity contribution in [3.63, 3.8) is 0 Å². The van der Waals surface area contributed by atoms with Crippen molar-refractivity contribution in [2.45, 2.75) is 45.4 Å². The lowest BCUT2D eigenvalue weighted by atomic mass is 9.98. The van der Waals surface area contributed by atoms with E-state index in [2.05, 4.69) is 10.5 Å². The van der Waals surface area contributed by atoms with Crippen LogP contribution in [-0.2, 0) is 14.8 Å². The van der Waals surface area contributed by atoms with E-state index in [1.807, 2.05) is 51.1 Å². The Hall–Kier alpha value is -2.94. The lowest BCUT2D eigenvalue weighted by Crippen LogP contribution is -2.44. The summed E-state index contributed by atoms with van der Waals surface area (Å²) in [7, 11) is -3.93. The molecule has 0 bridgehead atoms. The van der Waals surface area contributed by atoms with E-state index in [1.165, 1.54) is 4.31 Å². The first kappa shape index (κ1) is 26.1. The van der Waals surface area contributed by atoms with Gasteiger partial charge in [0, 0.05) is 23.8 Å². The fourth-order valence-electron chi connectivity index (χ4n) is 4.37. The number of rotatable bonds is 6. The number of piperidine rings is 1. The van der Waals surface area contributed by atoms with E-state index in [1.54, 1.807) is 25.1 Å². The summed E-state index contributed by atoms with van der Waals surface area (Å²) >= 11 is 6.08. The lowest BCUT2D eigenvalue weighted by Gasteiger charge is -2.31. The number of hydrogen-bond donors (Lipinski definition) is 1. The van der Waals surface area contributed by atoms with Crippen molar-refractivity contribution in [1.82, 2.24) is 9.46 Å². The number of carbonyl (C=O) groups excluding carboxylic acids is 1. The van der Waals surface area contributed by atoms with E-state index in [0.29, 0.717) is 30.1 Å². The Labute approximate surface area is 217 Å². The molecule has 0 radical (unpaired) electrons. The molecule has 1 aliphatic heterocycles. The van der Waals surface area contributed by atoms with Gasteiger partial charge in [0.25, 0.3) is 0 Å². The van der Waals surface area contributed by atoms with Crippen LogP contribution in [0.4, 0.5) is 5.69 Å². The summed E-state index contributed by atoms with van der Waals surface area (Å²) in [6, 6.07) is 11.4. The summed E-state index contributed by atoms with van der Waals surface area (Å²) in [5.41, 5.74) is 4.94. The lowest BCUT2D eigenvalue weighted by molar-refractivity contribution is -0.120. The molecule has 1 saturated heterocycles. The average molecular weight is 528 g/mol. The van der Waals surface area contributed by atoms with E-state index >= 15 is 0 Å². The molecular formula is C27H30ClN3O4S. The number of sulfonamides is 1. The normalized spacial score (nSPS) is 17.0. The molecule has 1 aliphatic rings. The highest BCUT2D eigenvalue weighted by Crippen LogP contribution is 2.30. The molecule has 1 atom stereocenters. The van der Waals surface area contributed by atoms with Gasteiger partial charge in [-0.3, -0.25) is 4.79 Å². The summed E-state index contributed by atoms with van der Waals surface area (Å²) in [4.78, 5) is 13.1. The highest BCUT2D eigenvalue weighted by molar-refractivity contribution is 7.89. The Kier molecular flexibility index (Phi) is 7.68. The molecule has 7 nitrogen and oxygen atoms in total.